The third-order valence-electron chi connectivity index (χ3n) is 3.15. The molecule has 28 heavy (non-hydrogen) atoms. The number of nitro benzene ring substituents is 1. The van der Waals surface area contributed by atoms with Crippen LogP contribution in [0.3, 0.4) is 0 Å². The SMILES string of the molecule is O=C(COC(=O)COc1ccc([N+](=O)[O-])cc1)Nc1ccccc1OC(F)F. The van der Waals surface area contributed by atoms with E-state index in [1.54, 1.807) is 0 Å². The molecule has 0 fully saturated rings. The van der Waals surface area contributed by atoms with E-state index in [1.165, 1.54) is 48.5 Å². The van der Waals surface area contributed by atoms with Crippen LogP contribution in [0.15, 0.2) is 48.5 Å². The average molecular weight is 396 g/mol. The van der Waals surface area contributed by atoms with E-state index < -0.39 is 36.6 Å². The van der Waals surface area contributed by atoms with Crippen molar-refractivity contribution in [3.8, 4) is 11.5 Å². The Morgan fingerprint density at radius 3 is 2.39 bits per heavy atom. The van der Waals surface area contributed by atoms with Gasteiger partial charge < -0.3 is 19.5 Å². The molecule has 0 atom stereocenters. The molecule has 11 heteroatoms. The summed E-state index contributed by atoms with van der Waals surface area (Å²) in [5.74, 6) is -1.68. The first-order valence-corrected chi connectivity index (χ1v) is 7.71. The van der Waals surface area contributed by atoms with E-state index in [-0.39, 0.29) is 22.9 Å². The van der Waals surface area contributed by atoms with Crippen LogP contribution in [0.25, 0.3) is 0 Å². The lowest BCUT2D eigenvalue weighted by Crippen LogP contribution is -2.24. The van der Waals surface area contributed by atoms with Crippen molar-refractivity contribution in [1.29, 1.82) is 0 Å². The lowest BCUT2D eigenvalue weighted by Gasteiger charge is -2.12. The Kier molecular flexibility index (Phi) is 7.20. The van der Waals surface area contributed by atoms with Crippen LogP contribution in [0.2, 0.25) is 0 Å². The van der Waals surface area contributed by atoms with Crippen LogP contribution in [0.1, 0.15) is 0 Å². The average Bonchev–Trinajstić information content (AvgIpc) is 2.66. The Morgan fingerprint density at radius 1 is 1.07 bits per heavy atom. The first-order chi connectivity index (χ1) is 13.3. The maximum atomic E-state index is 12.3. The summed E-state index contributed by atoms with van der Waals surface area (Å²) < 4.78 is 38.7. The van der Waals surface area contributed by atoms with Gasteiger partial charge in [0.15, 0.2) is 13.2 Å². The van der Waals surface area contributed by atoms with E-state index in [2.05, 4.69) is 10.1 Å². The molecule has 1 N–H and O–H groups in total. The van der Waals surface area contributed by atoms with Crippen LogP contribution in [0.5, 0.6) is 11.5 Å². The molecule has 0 saturated carbocycles. The summed E-state index contributed by atoms with van der Waals surface area (Å²) in [6.45, 7) is -4.27. The number of rotatable bonds is 9. The molecule has 0 saturated heterocycles. The third-order valence-corrected chi connectivity index (χ3v) is 3.15. The Bertz CT molecular complexity index is 844. The molecule has 0 aliphatic heterocycles. The van der Waals surface area contributed by atoms with Crippen LogP contribution >= 0.6 is 0 Å². The molecule has 2 aromatic rings. The van der Waals surface area contributed by atoms with Gasteiger partial charge >= 0.3 is 12.6 Å². The number of carbonyl (C=O) groups excluding carboxylic acids is 2. The van der Waals surface area contributed by atoms with E-state index in [0.717, 1.165) is 0 Å². The van der Waals surface area contributed by atoms with Gasteiger partial charge in [0.2, 0.25) is 0 Å². The summed E-state index contributed by atoms with van der Waals surface area (Å²) in [6, 6.07) is 10.5. The number of esters is 1. The summed E-state index contributed by atoms with van der Waals surface area (Å²) in [5.41, 5.74) is -0.145. The molecule has 0 radical (unpaired) electrons. The number of amides is 1. The van der Waals surface area contributed by atoms with Crippen molar-refractivity contribution < 1.29 is 37.5 Å². The monoisotopic (exact) mass is 396 g/mol. The van der Waals surface area contributed by atoms with Gasteiger partial charge in [-0.05, 0) is 24.3 Å². The van der Waals surface area contributed by atoms with Crippen LogP contribution < -0.4 is 14.8 Å². The van der Waals surface area contributed by atoms with Gasteiger partial charge in [0.1, 0.15) is 11.5 Å². The summed E-state index contributed by atoms with van der Waals surface area (Å²) in [5, 5.41) is 12.8. The topological polar surface area (TPSA) is 117 Å². The highest BCUT2D eigenvalue weighted by molar-refractivity contribution is 5.94. The molecule has 2 aromatic carbocycles. The predicted octanol–water partition coefficient (Wildman–Crippen LogP) is 2.76. The number of benzene rings is 2. The highest BCUT2D eigenvalue weighted by Crippen LogP contribution is 2.25. The number of anilines is 1. The molecule has 0 bridgehead atoms. The minimum Gasteiger partial charge on any atom is -0.482 e. The molecule has 0 aromatic heterocycles. The van der Waals surface area contributed by atoms with Gasteiger partial charge in [-0.1, -0.05) is 12.1 Å². The second-order valence-corrected chi connectivity index (χ2v) is 5.12. The Hall–Kier alpha value is -3.76. The maximum absolute atomic E-state index is 12.3. The van der Waals surface area contributed by atoms with Gasteiger partial charge in [-0.3, -0.25) is 14.9 Å². The lowest BCUT2D eigenvalue weighted by atomic mass is 10.3. The number of non-ortho nitro benzene ring substituents is 1. The molecule has 0 unspecified atom stereocenters. The van der Waals surface area contributed by atoms with E-state index in [9.17, 15) is 28.5 Å². The number of halogens is 2. The molecular weight excluding hydrogens is 382 g/mol. The van der Waals surface area contributed by atoms with Crippen LogP contribution in [-0.4, -0.2) is 36.6 Å². The number of hydrogen-bond donors (Lipinski definition) is 1. The number of ether oxygens (including phenoxy) is 3. The largest absolute Gasteiger partial charge is 0.482 e. The van der Waals surface area contributed by atoms with Crippen molar-refractivity contribution in [2.24, 2.45) is 0 Å². The number of alkyl halides is 2. The highest BCUT2D eigenvalue weighted by atomic mass is 19.3. The zero-order chi connectivity index (χ0) is 20.5. The highest BCUT2D eigenvalue weighted by Gasteiger charge is 2.13. The molecular formula is C17H14F2N2O7. The fourth-order valence-electron chi connectivity index (χ4n) is 1.95. The van der Waals surface area contributed by atoms with Gasteiger partial charge in [0, 0.05) is 12.1 Å². The smallest absolute Gasteiger partial charge is 0.387 e. The van der Waals surface area contributed by atoms with Crippen molar-refractivity contribution in [2.45, 2.75) is 6.61 Å². The fourth-order valence-corrected chi connectivity index (χ4v) is 1.95. The number of carbonyl (C=O) groups is 2. The second-order valence-electron chi connectivity index (χ2n) is 5.12. The molecule has 148 valence electrons. The van der Waals surface area contributed by atoms with Crippen molar-refractivity contribution in [3.63, 3.8) is 0 Å². The number of nitro groups is 1. The standard InChI is InChI=1S/C17H14F2N2O7/c18-17(19)28-14-4-2-1-3-13(14)20-15(22)9-27-16(23)10-26-12-7-5-11(6-8-12)21(24)25/h1-8,17H,9-10H2,(H,20,22). The first-order valence-electron chi connectivity index (χ1n) is 7.71. The zero-order valence-electron chi connectivity index (χ0n) is 14.2. The fraction of sp³-hybridized carbons (Fsp3) is 0.176. The number of nitrogens with one attached hydrogen (secondary N) is 1. The van der Waals surface area contributed by atoms with Crippen LogP contribution in [-0.2, 0) is 14.3 Å². The third kappa shape index (κ3) is 6.52. The van der Waals surface area contributed by atoms with Crippen LogP contribution in [0, 0.1) is 10.1 Å². The molecule has 0 aliphatic carbocycles. The Balaban J connectivity index is 1.78. The minimum atomic E-state index is -3.06. The van der Waals surface area contributed by atoms with E-state index in [1.807, 2.05) is 0 Å². The summed E-state index contributed by atoms with van der Waals surface area (Å²) in [6.07, 6.45) is 0. The molecule has 0 aliphatic rings. The quantitative estimate of drug-likeness (QED) is 0.393. The van der Waals surface area contributed by atoms with Gasteiger partial charge in [-0.2, -0.15) is 8.78 Å². The van der Waals surface area contributed by atoms with Crippen molar-refractivity contribution >= 4 is 23.3 Å². The summed E-state index contributed by atoms with van der Waals surface area (Å²) in [7, 11) is 0. The van der Waals surface area contributed by atoms with Crippen molar-refractivity contribution in [2.75, 3.05) is 18.5 Å². The van der Waals surface area contributed by atoms with Gasteiger partial charge in [-0.15, -0.1) is 0 Å². The van der Waals surface area contributed by atoms with Gasteiger partial charge in [0.05, 0.1) is 10.6 Å². The maximum Gasteiger partial charge on any atom is 0.387 e. The van der Waals surface area contributed by atoms with Gasteiger partial charge in [-0.25, -0.2) is 4.79 Å². The van der Waals surface area contributed by atoms with E-state index in [4.69, 9.17) is 9.47 Å². The molecule has 9 nitrogen and oxygen atoms in total. The van der Waals surface area contributed by atoms with E-state index in [0.29, 0.717) is 0 Å². The Morgan fingerprint density at radius 2 is 1.75 bits per heavy atom. The first kappa shape index (κ1) is 20.6. The molecule has 2 rings (SSSR count). The van der Waals surface area contributed by atoms with Gasteiger partial charge in [0.25, 0.3) is 11.6 Å². The zero-order valence-corrected chi connectivity index (χ0v) is 14.2. The van der Waals surface area contributed by atoms with E-state index >= 15 is 0 Å². The predicted molar refractivity (Wildman–Crippen MR) is 91.3 cm³/mol. The number of hydrogen-bond acceptors (Lipinski definition) is 7. The van der Waals surface area contributed by atoms with Crippen molar-refractivity contribution in [3.05, 3.63) is 58.6 Å². The summed E-state index contributed by atoms with van der Waals surface area (Å²) >= 11 is 0. The molecule has 1 amide bonds. The lowest BCUT2D eigenvalue weighted by molar-refractivity contribution is -0.384. The van der Waals surface area contributed by atoms with Crippen molar-refractivity contribution in [1.82, 2.24) is 0 Å². The van der Waals surface area contributed by atoms with Crippen LogP contribution in [0.4, 0.5) is 20.2 Å². The number of para-hydroxylation sites is 2. The Labute approximate surface area is 157 Å². The normalized spacial score (nSPS) is 10.2. The summed E-state index contributed by atoms with van der Waals surface area (Å²) in [4.78, 5) is 33.4. The second kappa shape index (κ2) is 9.80. The molecule has 0 heterocycles. The minimum absolute atomic E-state index is 0.00835. The molecule has 0 spiro atoms. The number of nitrogens with zero attached hydrogens (tertiary/aromatic N) is 1.